The number of rotatable bonds is 1. The number of hydrogen-bond acceptors (Lipinski definition) is 2. The normalized spacial score (nSPS) is 10.6. The largest absolute Gasteiger partial charge is 0.507 e. The fourth-order valence-corrected chi connectivity index (χ4v) is 0.753. The van der Waals surface area contributed by atoms with Gasteiger partial charge in [0, 0.05) is 5.56 Å². The summed E-state index contributed by atoms with van der Waals surface area (Å²) in [5.41, 5.74) is 0.661. The van der Waals surface area contributed by atoms with Gasteiger partial charge in [-0.1, -0.05) is 30.3 Å². The summed E-state index contributed by atoms with van der Waals surface area (Å²) in [6.07, 6.45) is 1.11. The molecular formula is C9H7NO. The van der Waals surface area contributed by atoms with Crippen LogP contribution < -0.4 is 0 Å². The van der Waals surface area contributed by atoms with E-state index in [-0.39, 0.29) is 5.76 Å². The first-order valence-corrected chi connectivity index (χ1v) is 3.19. The van der Waals surface area contributed by atoms with Crippen LogP contribution in [-0.2, 0) is 0 Å². The molecule has 1 aromatic carbocycles. The van der Waals surface area contributed by atoms with E-state index in [1.165, 1.54) is 0 Å². The van der Waals surface area contributed by atoms with Crippen molar-refractivity contribution in [3.05, 3.63) is 42.0 Å². The van der Waals surface area contributed by atoms with E-state index in [0.29, 0.717) is 5.56 Å². The van der Waals surface area contributed by atoms with E-state index in [1.807, 2.05) is 6.07 Å². The lowest BCUT2D eigenvalue weighted by molar-refractivity contribution is 0.512. The highest BCUT2D eigenvalue weighted by atomic mass is 16.3. The second kappa shape index (κ2) is 3.43. The van der Waals surface area contributed by atoms with Gasteiger partial charge in [0.25, 0.3) is 0 Å². The summed E-state index contributed by atoms with van der Waals surface area (Å²) in [7, 11) is 0. The van der Waals surface area contributed by atoms with Crippen molar-refractivity contribution in [2.45, 2.75) is 0 Å². The zero-order chi connectivity index (χ0) is 8.10. The minimum Gasteiger partial charge on any atom is -0.507 e. The molecule has 0 aromatic heterocycles. The molecule has 0 saturated heterocycles. The Balaban J connectivity index is 2.96. The molecule has 0 fully saturated rings. The zero-order valence-corrected chi connectivity index (χ0v) is 5.86. The third-order valence-corrected chi connectivity index (χ3v) is 1.27. The van der Waals surface area contributed by atoms with Crippen LogP contribution in [0.25, 0.3) is 5.76 Å². The zero-order valence-electron chi connectivity index (χ0n) is 5.86. The number of hydrogen-bond donors (Lipinski definition) is 1. The number of aliphatic hydroxyl groups is 1. The minimum atomic E-state index is 0.00750. The van der Waals surface area contributed by atoms with Gasteiger partial charge in [0.05, 0.1) is 12.1 Å². The topological polar surface area (TPSA) is 44.0 Å². The summed E-state index contributed by atoms with van der Waals surface area (Å²) >= 11 is 0. The first-order chi connectivity index (χ1) is 5.34. The standard InChI is InChI=1S/C9H7NO/c10-7-6-9(11)8-4-2-1-3-5-8/h1-6,11H/b9-6-. The molecule has 0 heterocycles. The lowest BCUT2D eigenvalue weighted by atomic mass is 10.2. The average Bonchev–Trinajstić information content (AvgIpc) is 2.07. The van der Waals surface area contributed by atoms with Gasteiger partial charge in [0.15, 0.2) is 0 Å². The van der Waals surface area contributed by atoms with Crippen molar-refractivity contribution in [3.63, 3.8) is 0 Å². The second-order valence-corrected chi connectivity index (χ2v) is 2.02. The van der Waals surface area contributed by atoms with Gasteiger partial charge in [0.2, 0.25) is 0 Å². The van der Waals surface area contributed by atoms with Gasteiger partial charge in [-0.2, -0.15) is 5.26 Å². The first-order valence-electron chi connectivity index (χ1n) is 3.19. The molecule has 0 unspecified atom stereocenters. The summed E-state index contributed by atoms with van der Waals surface area (Å²) < 4.78 is 0. The van der Waals surface area contributed by atoms with Crippen LogP contribution in [0.1, 0.15) is 5.56 Å². The van der Waals surface area contributed by atoms with Crippen LogP contribution in [0.2, 0.25) is 0 Å². The first kappa shape index (κ1) is 7.36. The Kier molecular flexibility index (Phi) is 2.29. The SMILES string of the molecule is N#C/C=C(\O)c1ccccc1. The minimum absolute atomic E-state index is 0.00750. The predicted molar refractivity (Wildman–Crippen MR) is 42.7 cm³/mol. The molecule has 0 aliphatic rings. The summed E-state index contributed by atoms with van der Waals surface area (Å²) in [6, 6.07) is 10.7. The molecule has 0 saturated carbocycles. The molecule has 0 amide bonds. The van der Waals surface area contributed by atoms with E-state index in [2.05, 4.69) is 0 Å². The number of aliphatic hydroxyl groups excluding tert-OH is 1. The van der Waals surface area contributed by atoms with Crippen molar-refractivity contribution in [3.8, 4) is 6.07 Å². The van der Waals surface area contributed by atoms with Crippen molar-refractivity contribution < 1.29 is 5.11 Å². The van der Waals surface area contributed by atoms with Crippen LogP contribution in [0.5, 0.6) is 0 Å². The molecule has 0 bridgehead atoms. The van der Waals surface area contributed by atoms with Crippen LogP contribution in [-0.4, -0.2) is 5.11 Å². The van der Waals surface area contributed by atoms with E-state index >= 15 is 0 Å². The monoisotopic (exact) mass is 145 g/mol. The molecular weight excluding hydrogens is 138 g/mol. The lowest BCUT2D eigenvalue weighted by Gasteiger charge is -1.94. The Bertz CT molecular complexity index is 295. The van der Waals surface area contributed by atoms with E-state index < -0.39 is 0 Å². The maximum Gasteiger partial charge on any atom is 0.133 e. The van der Waals surface area contributed by atoms with Crippen LogP contribution in [0.15, 0.2) is 36.4 Å². The van der Waals surface area contributed by atoms with Gasteiger partial charge in [-0.25, -0.2) is 0 Å². The predicted octanol–water partition coefficient (Wildman–Crippen LogP) is 2.11. The van der Waals surface area contributed by atoms with Gasteiger partial charge in [0.1, 0.15) is 5.76 Å². The highest BCUT2D eigenvalue weighted by molar-refractivity contribution is 5.60. The Labute approximate surface area is 65.0 Å². The molecule has 2 nitrogen and oxygen atoms in total. The molecule has 0 radical (unpaired) electrons. The fourth-order valence-electron chi connectivity index (χ4n) is 0.753. The van der Waals surface area contributed by atoms with Gasteiger partial charge in [-0.15, -0.1) is 0 Å². The fraction of sp³-hybridized carbons (Fsp3) is 0. The van der Waals surface area contributed by atoms with Crippen LogP contribution in [0, 0.1) is 11.3 Å². The van der Waals surface area contributed by atoms with Crippen molar-refractivity contribution in [2.24, 2.45) is 0 Å². The summed E-state index contributed by atoms with van der Waals surface area (Å²) in [6.45, 7) is 0. The number of allylic oxidation sites excluding steroid dienone is 1. The highest BCUT2D eigenvalue weighted by Gasteiger charge is 1.93. The Morgan fingerprint density at radius 2 is 2.00 bits per heavy atom. The number of nitrogens with zero attached hydrogens (tertiary/aromatic N) is 1. The Morgan fingerprint density at radius 3 is 2.55 bits per heavy atom. The quantitative estimate of drug-likeness (QED) is 0.485. The summed E-state index contributed by atoms with van der Waals surface area (Å²) in [5.74, 6) is 0.00750. The van der Waals surface area contributed by atoms with Crippen molar-refractivity contribution in [1.29, 1.82) is 5.26 Å². The summed E-state index contributed by atoms with van der Waals surface area (Å²) in [5, 5.41) is 17.4. The highest BCUT2D eigenvalue weighted by Crippen LogP contribution is 2.08. The van der Waals surface area contributed by atoms with Crippen LogP contribution >= 0.6 is 0 Å². The average molecular weight is 145 g/mol. The summed E-state index contributed by atoms with van der Waals surface area (Å²) in [4.78, 5) is 0. The molecule has 54 valence electrons. The third kappa shape index (κ3) is 1.84. The van der Waals surface area contributed by atoms with Crippen molar-refractivity contribution >= 4 is 5.76 Å². The Morgan fingerprint density at radius 1 is 1.36 bits per heavy atom. The van der Waals surface area contributed by atoms with E-state index in [9.17, 15) is 0 Å². The molecule has 11 heavy (non-hydrogen) atoms. The van der Waals surface area contributed by atoms with Crippen LogP contribution in [0.4, 0.5) is 0 Å². The van der Waals surface area contributed by atoms with Gasteiger partial charge in [-0.3, -0.25) is 0 Å². The second-order valence-electron chi connectivity index (χ2n) is 2.02. The lowest BCUT2D eigenvalue weighted by Crippen LogP contribution is -1.79. The van der Waals surface area contributed by atoms with Gasteiger partial charge < -0.3 is 5.11 Å². The molecule has 1 N–H and O–H groups in total. The molecule has 0 atom stereocenters. The van der Waals surface area contributed by atoms with E-state index in [1.54, 1.807) is 30.3 Å². The molecule has 1 rings (SSSR count). The van der Waals surface area contributed by atoms with E-state index in [4.69, 9.17) is 10.4 Å². The third-order valence-electron chi connectivity index (χ3n) is 1.27. The molecule has 0 aliphatic heterocycles. The van der Waals surface area contributed by atoms with Gasteiger partial charge in [-0.05, 0) is 0 Å². The van der Waals surface area contributed by atoms with Crippen molar-refractivity contribution in [1.82, 2.24) is 0 Å². The molecule has 0 aliphatic carbocycles. The number of benzene rings is 1. The smallest absolute Gasteiger partial charge is 0.133 e. The van der Waals surface area contributed by atoms with Gasteiger partial charge >= 0.3 is 0 Å². The van der Waals surface area contributed by atoms with Crippen LogP contribution in [0.3, 0.4) is 0 Å². The molecule has 2 heteroatoms. The van der Waals surface area contributed by atoms with Crippen molar-refractivity contribution in [2.75, 3.05) is 0 Å². The molecule has 1 aromatic rings. The maximum absolute atomic E-state index is 9.16. The Hall–Kier alpha value is -1.75. The number of nitriles is 1. The molecule has 0 spiro atoms. The van der Waals surface area contributed by atoms with E-state index in [0.717, 1.165) is 6.08 Å². The maximum atomic E-state index is 9.16.